The van der Waals surface area contributed by atoms with E-state index in [9.17, 15) is 19.4 Å². The summed E-state index contributed by atoms with van der Waals surface area (Å²) in [7, 11) is 1.41. The third-order valence-electron chi connectivity index (χ3n) is 6.31. The first kappa shape index (κ1) is 20.7. The molecule has 10 heteroatoms. The number of nitrogens with zero attached hydrogens (tertiary/aromatic N) is 4. The van der Waals surface area contributed by atoms with Gasteiger partial charge in [0.25, 0.3) is 0 Å². The molecule has 3 aliphatic rings. The van der Waals surface area contributed by atoms with Crippen molar-refractivity contribution in [2.24, 2.45) is 0 Å². The number of halogens is 1. The van der Waals surface area contributed by atoms with Gasteiger partial charge >= 0.3 is 6.03 Å². The van der Waals surface area contributed by atoms with Gasteiger partial charge in [0.2, 0.25) is 5.95 Å². The van der Waals surface area contributed by atoms with Crippen LogP contribution in [0.5, 0.6) is 11.5 Å². The Hall–Kier alpha value is -3.14. The number of phenolic OH excluding ortho intramolecular Hbond substituents is 1. The van der Waals surface area contributed by atoms with E-state index in [1.54, 1.807) is 11.1 Å². The highest BCUT2D eigenvalue weighted by atomic mass is 19.1. The fourth-order valence-corrected chi connectivity index (χ4v) is 4.38. The van der Waals surface area contributed by atoms with Crippen molar-refractivity contribution in [1.29, 1.82) is 0 Å². The number of carbonyl (C=O) groups is 1. The van der Waals surface area contributed by atoms with Crippen LogP contribution in [0.1, 0.15) is 44.1 Å². The lowest BCUT2D eigenvalue weighted by Crippen LogP contribution is -2.49. The van der Waals surface area contributed by atoms with Gasteiger partial charge in [-0.25, -0.2) is 14.2 Å². The molecule has 1 aromatic carbocycles. The number of aliphatic hydroxyl groups is 1. The number of aromatic hydroxyl groups is 1. The first-order chi connectivity index (χ1) is 15.4. The molecular weight excluding hydrogens is 417 g/mol. The van der Waals surface area contributed by atoms with Gasteiger partial charge in [-0.15, -0.1) is 0 Å². The standard InChI is InChI=1S/C22H26FN5O4/c1-32-16-8-17(19(23)18(30)9-16)27-11-12-10-24-21(25-13-2-6-15(29)7-3-13)26-20(12)28(22(27)31)14-4-5-14/h8-10,13-15,29-30H,2-7,11H2,1H3,(H,24,25,26). The fraction of sp³-hybridized carbons (Fsp3) is 0.500. The number of anilines is 3. The van der Waals surface area contributed by atoms with Gasteiger partial charge in [-0.05, 0) is 38.5 Å². The maximum absolute atomic E-state index is 14.8. The Morgan fingerprint density at radius 1 is 1.19 bits per heavy atom. The van der Waals surface area contributed by atoms with Crippen LogP contribution in [-0.4, -0.2) is 51.5 Å². The molecule has 1 aliphatic heterocycles. The van der Waals surface area contributed by atoms with E-state index >= 15 is 0 Å². The van der Waals surface area contributed by atoms with E-state index in [4.69, 9.17) is 4.74 Å². The van der Waals surface area contributed by atoms with Gasteiger partial charge < -0.3 is 20.3 Å². The zero-order valence-electron chi connectivity index (χ0n) is 17.8. The first-order valence-electron chi connectivity index (χ1n) is 10.9. The summed E-state index contributed by atoms with van der Waals surface area (Å²) in [5, 5.41) is 23.0. The van der Waals surface area contributed by atoms with Gasteiger partial charge in [0.1, 0.15) is 11.6 Å². The molecule has 0 radical (unpaired) electrons. The first-order valence-corrected chi connectivity index (χ1v) is 10.9. The van der Waals surface area contributed by atoms with Gasteiger partial charge in [-0.2, -0.15) is 4.98 Å². The molecule has 1 aromatic heterocycles. The summed E-state index contributed by atoms with van der Waals surface area (Å²) in [5.74, 6) is -0.220. The lowest BCUT2D eigenvalue weighted by molar-refractivity contribution is 0.126. The molecule has 2 heterocycles. The quantitative estimate of drug-likeness (QED) is 0.651. The molecule has 9 nitrogen and oxygen atoms in total. The van der Waals surface area contributed by atoms with Gasteiger partial charge in [-0.3, -0.25) is 9.80 Å². The highest BCUT2D eigenvalue weighted by Crippen LogP contribution is 2.41. The number of carbonyl (C=O) groups excluding carboxylic acids is 1. The van der Waals surface area contributed by atoms with Crippen LogP contribution >= 0.6 is 0 Å². The normalized spacial score (nSPS) is 23.2. The zero-order chi connectivity index (χ0) is 22.4. The van der Waals surface area contributed by atoms with Crippen LogP contribution in [0.2, 0.25) is 0 Å². The predicted molar refractivity (Wildman–Crippen MR) is 116 cm³/mol. The monoisotopic (exact) mass is 443 g/mol. The SMILES string of the molecule is COc1cc(O)c(F)c(N2Cc3cnc(NC4CCC(O)CC4)nc3N(C3CC3)C2=O)c1. The summed E-state index contributed by atoms with van der Waals surface area (Å²) in [5.41, 5.74) is 0.647. The van der Waals surface area contributed by atoms with Crippen molar-refractivity contribution in [2.75, 3.05) is 22.2 Å². The van der Waals surface area contributed by atoms with Gasteiger partial charge in [0.15, 0.2) is 11.6 Å². The smallest absolute Gasteiger partial charge is 0.330 e. The maximum Gasteiger partial charge on any atom is 0.330 e. The summed E-state index contributed by atoms with van der Waals surface area (Å²) in [6.07, 6.45) is 6.25. The number of hydrogen-bond donors (Lipinski definition) is 3. The highest BCUT2D eigenvalue weighted by molar-refractivity contribution is 6.06. The number of methoxy groups -OCH3 is 1. The van der Waals surface area contributed by atoms with Crippen molar-refractivity contribution in [3.8, 4) is 11.5 Å². The number of amides is 2. The summed E-state index contributed by atoms with van der Waals surface area (Å²) in [4.78, 5) is 25.4. The van der Waals surface area contributed by atoms with Crippen molar-refractivity contribution >= 4 is 23.5 Å². The zero-order valence-corrected chi connectivity index (χ0v) is 17.8. The minimum atomic E-state index is -0.878. The topological polar surface area (TPSA) is 111 Å². The number of aliphatic hydroxyl groups excluding tert-OH is 1. The van der Waals surface area contributed by atoms with Gasteiger partial charge in [-0.1, -0.05) is 0 Å². The van der Waals surface area contributed by atoms with E-state index in [0.717, 1.165) is 38.5 Å². The Morgan fingerprint density at radius 2 is 1.94 bits per heavy atom. The number of benzene rings is 1. The Morgan fingerprint density at radius 3 is 2.62 bits per heavy atom. The Bertz CT molecular complexity index is 1040. The summed E-state index contributed by atoms with van der Waals surface area (Å²) in [6, 6.07) is 2.36. The summed E-state index contributed by atoms with van der Waals surface area (Å²) < 4.78 is 19.9. The third-order valence-corrected chi connectivity index (χ3v) is 6.31. The Labute approximate surface area is 184 Å². The molecule has 2 fully saturated rings. The van der Waals surface area contributed by atoms with Gasteiger partial charge in [0, 0.05) is 36.0 Å². The third kappa shape index (κ3) is 3.79. The van der Waals surface area contributed by atoms with E-state index in [0.29, 0.717) is 17.3 Å². The minimum Gasteiger partial charge on any atom is -0.505 e. The number of aromatic nitrogens is 2. The lowest BCUT2D eigenvalue weighted by Gasteiger charge is -2.36. The van der Waals surface area contributed by atoms with E-state index in [1.165, 1.54) is 24.1 Å². The average molecular weight is 443 g/mol. The van der Waals surface area contributed by atoms with E-state index < -0.39 is 17.6 Å². The van der Waals surface area contributed by atoms with Crippen LogP contribution < -0.4 is 19.9 Å². The lowest BCUT2D eigenvalue weighted by atomic mass is 9.93. The second-order valence-electron chi connectivity index (χ2n) is 8.64. The van der Waals surface area contributed by atoms with Crippen molar-refractivity contribution < 1.29 is 24.1 Å². The van der Waals surface area contributed by atoms with Crippen LogP contribution in [0, 0.1) is 5.82 Å². The molecular formula is C22H26FN5O4. The molecule has 5 rings (SSSR count). The van der Waals surface area contributed by atoms with Crippen LogP contribution in [0.4, 0.5) is 26.6 Å². The molecule has 3 N–H and O–H groups in total. The molecule has 2 aliphatic carbocycles. The molecule has 2 amide bonds. The molecule has 32 heavy (non-hydrogen) atoms. The number of hydrogen-bond acceptors (Lipinski definition) is 7. The molecule has 2 saturated carbocycles. The number of rotatable bonds is 5. The number of phenols is 1. The van der Waals surface area contributed by atoms with Crippen molar-refractivity contribution in [1.82, 2.24) is 9.97 Å². The van der Waals surface area contributed by atoms with Crippen LogP contribution in [-0.2, 0) is 6.54 Å². The minimum absolute atomic E-state index is 0.00102. The van der Waals surface area contributed by atoms with E-state index in [2.05, 4.69) is 15.3 Å². The Balaban J connectivity index is 1.46. The molecule has 170 valence electrons. The maximum atomic E-state index is 14.8. The molecule has 0 unspecified atom stereocenters. The largest absolute Gasteiger partial charge is 0.505 e. The second kappa shape index (κ2) is 8.09. The number of fused-ring (bicyclic) bond motifs is 1. The average Bonchev–Trinajstić information content (AvgIpc) is 3.62. The molecule has 2 aromatic rings. The molecule has 0 spiro atoms. The van der Waals surface area contributed by atoms with Crippen LogP contribution in [0.25, 0.3) is 0 Å². The van der Waals surface area contributed by atoms with Crippen molar-refractivity contribution in [3.05, 3.63) is 29.7 Å². The van der Waals surface area contributed by atoms with Crippen LogP contribution in [0.15, 0.2) is 18.3 Å². The number of ether oxygens (including phenoxy) is 1. The highest BCUT2D eigenvalue weighted by Gasteiger charge is 2.43. The molecule has 0 bridgehead atoms. The number of urea groups is 1. The molecule has 0 atom stereocenters. The van der Waals surface area contributed by atoms with Crippen LogP contribution in [0.3, 0.4) is 0 Å². The predicted octanol–water partition coefficient (Wildman–Crippen LogP) is 3.15. The van der Waals surface area contributed by atoms with E-state index in [1.807, 2.05) is 0 Å². The number of nitrogens with one attached hydrogen (secondary N) is 1. The summed E-state index contributed by atoms with van der Waals surface area (Å²) in [6.45, 7) is 0.0802. The Kier molecular flexibility index (Phi) is 5.24. The molecule has 0 saturated heterocycles. The second-order valence-corrected chi connectivity index (χ2v) is 8.64. The summed E-state index contributed by atoms with van der Waals surface area (Å²) >= 11 is 0. The van der Waals surface area contributed by atoms with Crippen molar-refractivity contribution in [2.45, 2.75) is 63.3 Å². The van der Waals surface area contributed by atoms with E-state index in [-0.39, 0.29) is 36.2 Å². The van der Waals surface area contributed by atoms with Crippen molar-refractivity contribution in [3.63, 3.8) is 0 Å². The van der Waals surface area contributed by atoms with Gasteiger partial charge in [0.05, 0.1) is 25.4 Å². The fourth-order valence-electron chi connectivity index (χ4n) is 4.38.